The first-order valence-electron chi connectivity index (χ1n) is 10.9. The fourth-order valence-electron chi connectivity index (χ4n) is 6.17. The van der Waals surface area contributed by atoms with E-state index >= 15 is 0 Å². The molecular formula is C23H28N2O7. The third-order valence-corrected chi connectivity index (χ3v) is 7.77. The lowest BCUT2D eigenvalue weighted by molar-refractivity contribution is -0.169. The maximum Gasteiger partial charge on any atom is 0.320 e. The highest BCUT2D eigenvalue weighted by Crippen LogP contribution is 2.65. The van der Waals surface area contributed by atoms with E-state index in [1.54, 1.807) is 13.2 Å². The largest absolute Gasteiger partial charge is 0.493 e. The number of methoxy groups -OCH3 is 1. The average Bonchev–Trinajstić information content (AvgIpc) is 3.12. The number of carboxylic acids is 1. The van der Waals surface area contributed by atoms with Crippen LogP contribution in [0, 0.1) is 0 Å². The van der Waals surface area contributed by atoms with E-state index in [2.05, 4.69) is 4.90 Å². The second-order valence-electron chi connectivity index (χ2n) is 9.24. The van der Waals surface area contributed by atoms with Crippen LogP contribution in [0.2, 0.25) is 0 Å². The zero-order valence-corrected chi connectivity index (χ0v) is 18.2. The van der Waals surface area contributed by atoms with Gasteiger partial charge in [-0.25, -0.2) is 0 Å². The number of nitrogens with two attached hydrogens (primary N) is 1. The van der Waals surface area contributed by atoms with E-state index < -0.39 is 35.1 Å². The number of carbonyl (C=O) groups is 2. The number of likely N-dealkylation sites (tertiary alicyclic amines) is 1. The Balaban J connectivity index is 1.53. The summed E-state index contributed by atoms with van der Waals surface area (Å²) in [7, 11) is 3.61. The second kappa shape index (κ2) is 7.19. The quantitative estimate of drug-likeness (QED) is 0.543. The van der Waals surface area contributed by atoms with Crippen LogP contribution < -0.4 is 15.2 Å². The van der Waals surface area contributed by atoms with Gasteiger partial charge in [0, 0.05) is 24.4 Å². The molecule has 2 heterocycles. The summed E-state index contributed by atoms with van der Waals surface area (Å²) in [5, 5.41) is 21.1. The number of likely N-dealkylation sites (N-methyl/N-ethyl adjacent to an activating group) is 1. The van der Waals surface area contributed by atoms with Gasteiger partial charge in [-0.1, -0.05) is 6.07 Å². The lowest BCUT2D eigenvalue weighted by atomic mass is 9.50. The Morgan fingerprint density at radius 2 is 2.19 bits per heavy atom. The first-order valence-corrected chi connectivity index (χ1v) is 10.9. The summed E-state index contributed by atoms with van der Waals surface area (Å²) in [6.45, 7) is 0.775. The predicted molar refractivity (Wildman–Crippen MR) is 112 cm³/mol. The van der Waals surface area contributed by atoms with E-state index in [9.17, 15) is 14.7 Å². The van der Waals surface area contributed by atoms with Crippen molar-refractivity contribution >= 4 is 11.9 Å². The van der Waals surface area contributed by atoms with Crippen LogP contribution in [0.15, 0.2) is 24.0 Å². The summed E-state index contributed by atoms with van der Waals surface area (Å²) in [6.07, 6.45) is 2.61. The van der Waals surface area contributed by atoms with Gasteiger partial charge in [0.15, 0.2) is 17.6 Å². The van der Waals surface area contributed by atoms with Gasteiger partial charge in [0.25, 0.3) is 0 Å². The van der Waals surface area contributed by atoms with Gasteiger partial charge in [-0.3, -0.25) is 9.59 Å². The Bertz CT molecular complexity index is 1020. The average molecular weight is 444 g/mol. The molecule has 0 saturated carbocycles. The topological polar surface area (TPSA) is 132 Å². The molecule has 32 heavy (non-hydrogen) atoms. The van der Waals surface area contributed by atoms with Crippen LogP contribution in [0.5, 0.6) is 11.5 Å². The minimum Gasteiger partial charge on any atom is -0.493 e. The number of benzene rings is 1. The monoisotopic (exact) mass is 444 g/mol. The number of hydrogen-bond acceptors (Lipinski definition) is 8. The van der Waals surface area contributed by atoms with E-state index in [-0.39, 0.29) is 18.9 Å². The van der Waals surface area contributed by atoms with Gasteiger partial charge in [0.1, 0.15) is 11.8 Å². The van der Waals surface area contributed by atoms with E-state index in [4.69, 9.17) is 25.1 Å². The highest BCUT2D eigenvalue weighted by Gasteiger charge is 2.72. The van der Waals surface area contributed by atoms with Crippen molar-refractivity contribution in [3.63, 3.8) is 0 Å². The van der Waals surface area contributed by atoms with Crippen molar-refractivity contribution in [1.82, 2.24) is 4.90 Å². The number of nitrogens with zero attached hydrogens (tertiary/aromatic N) is 1. The molecule has 5 rings (SSSR count). The summed E-state index contributed by atoms with van der Waals surface area (Å²) < 4.78 is 17.7. The number of hydrogen-bond donors (Lipinski definition) is 3. The smallest absolute Gasteiger partial charge is 0.320 e. The number of piperidine rings is 1. The number of carboxylic acid groups (broad SMARTS) is 1. The first kappa shape index (κ1) is 21.2. The second-order valence-corrected chi connectivity index (χ2v) is 9.24. The molecule has 0 amide bonds. The summed E-state index contributed by atoms with van der Waals surface area (Å²) in [5.41, 5.74) is 5.77. The highest BCUT2D eigenvalue weighted by molar-refractivity contribution is 5.76. The lowest BCUT2D eigenvalue weighted by Crippen LogP contribution is -2.74. The summed E-state index contributed by atoms with van der Waals surface area (Å²) in [4.78, 5) is 25.7. The summed E-state index contributed by atoms with van der Waals surface area (Å²) in [6, 6.07) is 2.70. The lowest BCUT2D eigenvalue weighted by Gasteiger charge is -2.61. The highest BCUT2D eigenvalue weighted by atomic mass is 16.6. The van der Waals surface area contributed by atoms with Crippen LogP contribution >= 0.6 is 0 Å². The third kappa shape index (κ3) is 2.68. The Labute approximate surface area is 185 Å². The minimum absolute atomic E-state index is 0.0207. The number of ether oxygens (including phenoxy) is 3. The molecule has 172 valence electrons. The van der Waals surface area contributed by atoms with Gasteiger partial charge in [0.05, 0.1) is 18.1 Å². The molecule has 1 saturated heterocycles. The molecule has 0 radical (unpaired) electrons. The van der Waals surface area contributed by atoms with Crippen LogP contribution in [0.25, 0.3) is 0 Å². The summed E-state index contributed by atoms with van der Waals surface area (Å²) in [5.74, 6) is -0.175. The van der Waals surface area contributed by atoms with Crippen molar-refractivity contribution in [2.75, 3.05) is 20.7 Å². The maximum absolute atomic E-state index is 12.5. The number of aliphatic hydroxyl groups is 1. The molecule has 1 aromatic rings. The number of carbonyl (C=O) groups excluding carboxylic acids is 1. The Morgan fingerprint density at radius 3 is 2.91 bits per heavy atom. The van der Waals surface area contributed by atoms with Gasteiger partial charge in [0.2, 0.25) is 0 Å². The third-order valence-electron chi connectivity index (χ3n) is 7.77. The van der Waals surface area contributed by atoms with Crippen LogP contribution in [0.1, 0.15) is 36.8 Å². The summed E-state index contributed by atoms with van der Waals surface area (Å²) >= 11 is 0. The van der Waals surface area contributed by atoms with Crippen LogP contribution in [0.4, 0.5) is 0 Å². The van der Waals surface area contributed by atoms with E-state index in [1.807, 2.05) is 19.2 Å². The molecule has 1 spiro atoms. The van der Waals surface area contributed by atoms with Crippen LogP contribution in [0.3, 0.4) is 0 Å². The maximum atomic E-state index is 12.5. The van der Waals surface area contributed by atoms with Gasteiger partial charge in [-0.05, 0) is 50.6 Å². The van der Waals surface area contributed by atoms with E-state index in [0.29, 0.717) is 36.5 Å². The van der Waals surface area contributed by atoms with Gasteiger partial charge in [-0.2, -0.15) is 0 Å². The molecule has 2 aliphatic heterocycles. The van der Waals surface area contributed by atoms with Crippen molar-refractivity contribution < 1.29 is 34.0 Å². The SMILES string of the molecule is COc1ccc2c3c1O[C@H]1C(OC(=O)CC[C@H](N)C(=O)O)=CC[C@@]4(O)[C@@H](C2)N(C)CC[C@]314. The Kier molecular flexibility index (Phi) is 4.77. The number of esters is 1. The van der Waals surface area contributed by atoms with Gasteiger partial charge >= 0.3 is 11.9 Å². The normalized spacial score (nSPS) is 32.9. The fraction of sp³-hybridized carbons (Fsp3) is 0.565. The van der Waals surface area contributed by atoms with Crippen molar-refractivity contribution in [3.8, 4) is 11.5 Å². The standard InChI is InChI=1S/C23H28N2O7/c1-25-10-9-22-18-12-3-5-14(30-2)19(18)32-20(22)15(7-8-23(22,29)16(25)11-12)31-17(26)6-4-13(24)21(27)28/h3,5,7,13,16,20,29H,4,6,8-11,24H2,1-2H3,(H,27,28)/t13-,16+,20-,22-,23+/m0/s1. The Morgan fingerprint density at radius 1 is 1.41 bits per heavy atom. The molecule has 0 aromatic heterocycles. The van der Waals surface area contributed by atoms with Crippen molar-refractivity contribution in [1.29, 1.82) is 0 Å². The number of aliphatic carboxylic acids is 1. The van der Waals surface area contributed by atoms with Gasteiger partial charge < -0.3 is 35.1 Å². The molecule has 2 aliphatic carbocycles. The minimum atomic E-state index is -1.16. The van der Waals surface area contributed by atoms with Gasteiger partial charge in [-0.15, -0.1) is 0 Å². The molecule has 4 aliphatic rings. The predicted octanol–water partition coefficient (Wildman–Crippen LogP) is 0.708. The molecule has 4 N–H and O–H groups in total. The van der Waals surface area contributed by atoms with Crippen LogP contribution in [-0.2, 0) is 26.2 Å². The van der Waals surface area contributed by atoms with Crippen LogP contribution in [-0.4, -0.2) is 71.5 Å². The van der Waals surface area contributed by atoms with Crippen molar-refractivity contribution in [2.45, 2.75) is 61.3 Å². The molecule has 5 atom stereocenters. The zero-order chi connectivity index (χ0) is 22.8. The molecule has 9 nitrogen and oxygen atoms in total. The van der Waals surface area contributed by atoms with Crippen molar-refractivity contribution in [3.05, 3.63) is 35.1 Å². The number of rotatable bonds is 6. The van der Waals surface area contributed by atoms with E-state index in [0.717, 1.165) is 17.7 Å². The zero-order valence-electron chi connectivity index (χ0n) is 18.2. The molecule has 1 aromatic carbocycles. The molecule has 9 heteroatoms. The van der Waals surface area contributed by atoms with E-state index in [1.165, 1.54) is 0 Å². The molecule has 2 bridgehead atoms. The fourth-order valence-corrected chi connectivity index (χ4v) is 6.17. The molecule has 0 unspecified atom stereocenters. The Hall–Kier alpha value is -2.62. The first-order chi connectivity index (χ1) is 15.2. The molecule has 1 fully saturated rings. The van der Waals surface area contributed by atoms with Crippen molar-refractivity contribution in [2.24, 2.45) is 5.73 Å². The molecular weight excluding hydrogens is 416 g/mol.